The Morgan fingerprint density at radius 3 is 2.76 bits per heavy atom. The Bertz CT molecular complexity index is 527. The van der Waals surface area contributed by atoms with Gasteiger partial charge in [-0.2, -0.15) is 0 Å². The third-order valence-corrected chi connectivity index (χ3v) is 4.08. The minimum atomic E-state index is -0.237. The van der Waals surface area contributed by atoms with Gasteiger partial charge in [0, 0.05) is 24.3 Å². The lowest BCUT2D eigenvalue weighted by molar-refractivity contribution is -0.121. The van der Waals surface area contributed by atoms with Crippen LogP contribution in [0.1, 0.15) is 25.3 Å². The molecular formula is C15H21N3O2S. The molecule has 1 aromatic carbocycles. The highest BCUT2D eigenvalue weighted by Crippen LogP contribution is 2.15. The van der Waals surface area contributed by atoms with Crippen LogP contribution in [0.25, 0.3) is 0 Å². The van der Waals surface area contributed by atoms with Crippen LogP contribution in [0.2, 0.25) is 0 Å². The molecule has 1 amide bonds. The van der Waals surface area contributed by atoms with Crippen molar-refractivity contribution in [2.45, 2.75) is 31.9 Å². The zero-order chi connectivity index (χ0) is 15.4. The van der Waals surface area contributed by atoms with E-state index >= 15 is 0 Å². The molecule has 114 valence electrons. The first-order valence-electron chi connectivity index (χ1n) is 7.10. The van der Waals surface area contributed by atoms with E-state index in [0.717, 1.165) is 18.7 Å². The summed E-state index contributed by atoms with van der Waals surface area (Å²) in [5.41, 5.74) is 7.01. The monoisotopic (exact) mass is 307 g/mol. The number of hydrogen-bond acceptors (Lipinski definition) is 4. The highest BCUT2D eigenvalue weighted by molar-refractivity contribution is 7.80. The third-order valence-electron chi connectivity index (χ3n) is 3.84. The lowest BCUT2D eigenvalue weighted by Gasteiger charge is -2.33. The summed E-state index contributed by atoms with van der Waals surface area (Å²) in [5.74, 6) is -0.0634. The summed E-state index contributed by atoms with van der Waals surface area (Å²) in [5, 5.41) is 12.4. The summed E-state index contributed by atoms with van der Waals surface area (Å²) in [7, 11) is 0. The topological polar surface area (TPSA) is 78.6 Å². The summed E-state index contributed by atoms with van der Waals surface area (Å²) >= 11 is 4.93. The first-order chi connectivity index (χ1) is 9.97. The van der Waals surface area contributed by atoms with Crippen LogP contribution in [0.5, 0.6) is 0 Å². The van der Waals surface area contributed by atoms with Gasteiger partial charge in [-0.1, -0.05) is 24.4 Å². The Morgan fingerprint density at radius 2 is 2.14 bits per heavy atom. The van der Waals surface area contributed by atoms with Gasteiger partial charge in [0.2, 0.25) is 5.91 Å². The molecule has 1 aliphatic heterocycles. The lowest BCUT2D eigenvalue weighted by atomic mass is 10.1. The number of nitrogens with one attached hydrogen (secondary N) is 1. The molecule has 0 spiro atoms. The van der Waals surface area contributed by atoms with Gasteiger partial charge in [-0.25, -0.2) is 0 Å². The Balaban J connectivity index is 1.97. The SMILES string of the molecule is CC(C(=O)Nc1cccc(C(N)=S)c1)N1CCC(O)CC1. The number of thiocarbonyl (C=S) groups is 1. The molecule has 1 aromatic rings. The number of likely N-dealkylation sites (tertiary alicyclic amines) is 1. The number of nitrogens with two attached hydrogens (primary N) is 1. The molecule has 0 aliphatic carbocycles. The van der Waals surface area contributed by atoms with Gasteiger partial charge in [0.15, 0.2) is 0 Å². The van der Waals surface area contributed by atoms with Crippen molar-refractivity contribution in [1.29, 1.82) is 0 Å². The molecule has 0 bridgehead atoms. The first-order valence-corrected chi connectivity index (χ1v) is 7.51. The number of nitrogens with zero attached hydrogens (tertiary/aromatic N) is 1. The van der Waals surface area contributed by atoms with Gasteiger partial charge >= 0.3 is 0 Å². The van der Waals surface area contributed by atoms with E-state index < -0.39 is 0 Å². The molecule has 0 aromatic heterocycles. The van der Waals surface area contributed by atoms with Crippen LogP contribution in [0.4, 0.5) is 5.69 Å². The molecule has 1 heterocycles. The van der Waals surface area contributed by atoms with Crippen LogP contribution in [-0.4, -0.2) is 46.1 Å². The van der Waals surface area contributed by atoms with E-state index in [1.165, 1.54) is 0 Å². The number of amides is 1. The average Bonchev–Trinajstić information content (AvgIpc) is 2.47. The Labute approximate surface area is 130 Å². The fourth-order valence-corrected chi connectivity index (χ4v) is 2.56. The van der Waals surface area contributed by atoms with E-state index in [2.05, 4.69) is 10.2 Å². The van der Waals surface area contributed by atoms with Crippen LogP contribution in [0.3, 0.4) is 0 Å². The van der Waals surface area contributed by atoms with E-state index in [1.54, 1.807) is 6.07 Å². The first kappa shape index (κ1) is 15.9. The van der Waals surface area contributed by atoms with Gasteiger partial charge in [0.05, 0.1) is 12.1 Å². The molecule has 1 saturated heterocycles. The van der Waals surface area contributed by atoms with Crippen molar-refractivity contribution >= 4 is 28.8 Å². The van der Waals surface area contributed by atoms with Gasteiger partial charge in [-0.05, 0) is 31.9 Å². The van der Waals surface area contributed by atoms with Crippen molar-refractivity contribution in [3.8, 4) is 0 Å². The largest absolute Gasteiger partial charge is 0.393 e. The predicted octanol–water partition coefficient (Wildman–Crippen LogP) is 1.10. The number of piperidine rings is 1. The highest BCUT2D eigenvalue weighted by Gasteiger charge is 2.25. The Morgan fingerprint density at radius 1 is 1.48 bits per heavy atom. The number of anilines is 1. The molecular weight excluding hydrogens is 286 g/mol. The van der Waals surface area contributed by atoms with Crippen molar-refractivity contribution in [2.24, 2.45) is 5.73 Å². The second kappa shape index (κ2) is 6.98. The number of aliphatic hydroxyl groups excluding tert-OH is 1. The number of carbonyl (C=O) groups excluding carboxylic acids is 1. The Hall–Kier alpha value is -1.50. The predicted molar refractivity (Wildman–Crippen MR) is 87.2 cm³/mol. The normalized spacial score (nSPS) is 18.2. The molecule has 1 aliphatic rings. The molecule has 1 unspecified atom stereocenters. The van der Waals surface area contributed by atoms with Crippen molar-refractivity contribution < 1.29 is 9.90 Å². The number of carbonyl (C=O) groups is 1. The van der Waals surface area contributed by atoms with Crippen LogP contribution in [0.15, 0.2) is 24.3 Å². The summed E-state index contributed by atoms with van der Waals surface area (Å²) in [6.45, 7) is 3.36. The molecule has 2 rings (SSSR count). The lowest BCUT2D eigenvalue weighted by Crippen LogP contribution is -2.47. The fourth-order valence-electron chi connectivity index (χ4n) is 2.44. The number of benzene rings is 1. The quantitative estimate of drug-likeness (QED) is 0.726. The van der Waals surface area contributed by atoms with Gasteiger partial charge in [-0.15, -0.1) is 0 Å². The molecule has 5 nitrogen and oxygen atoms in total. The van der Waals surface area contributed by atoms with E-state index in [4.69, 9.17) is 18.0 Å². The maximum Gasteiger partial charge on any atom is 0.241 e. The molecule has 0 saturated carbocycles. The van der Waals surface area contributed by atoms with E-state index in [-0.39, 0.29) is 18.1 Å². The van der Waals surface area contributed by atoms with Crippen LogP contribution < -0.4 is 11.1 Å². The van der Waals surface area contributed by atoms with Gasteiger partial charge in [0.1, 0.15) is 4.99 Å². The molecule has 1 fully saturated rings. The summed E-state index contributed by atoms with van der Waals surface area (Å²) in [6, 6.07) is 6.98. The second-order valence-electron chi connectivity index (χ2n) is 5.38. The van der Waals surface area contributed by atoms with E-state index in [9.17, 15) is 9.90 Å². The molecule has 4 N–H and O–H groups in total. The standard InChI is InChI=1S/C15H21N3O2S/c1-10(18-7-5-13(19)6-8-18)15(20)17-12-4-2-3-11(9-12)14(16)21/h2-4,9-10,13,19H,5-8H2,1H3,(H2,16,21)(H,17,20). The number of aliphatic hydroxyl groups is 1. The van der Waals surface area contributed by atoms with Gasteiger partial charge in [0.25, 0.3) is 0 Å². The summed E-state index contributed by atoms with van der Waals surface area (Å²) in [6.07, 6.45) is 1.20. The van der Waals surface area contributed by atoms with Crippen LogP contribution >= 0.6 is 12.2 Å². The van der Waals surface area contributed by atoms with Crippen LogP contribution in [-0.2, 0) is 4.79 Å². The Kier molecular flexibility index (Phi) is 5.27. The minimum Gasteiger partial charge on any atom is -0.393 e. The maximum atomic E-state index is 12.3. The molecule has 6 heteroatoms. The summed E-state index contributed by atoms with van der Waals surface area (Å²) in [4.78, 5) is 14.7. The number of hydrogen-bond donors (Lipinski definition) is 3. The highest BCUT2D eigenvalue weighted by atomic mass is 32.1. The molecule has 21 heavy (non-hydrogen) atoms. The zero-order valence-corrected chi connectivity index (χ0v) is 12.9. The second-order valence-corrected chi connectivity index (χ2v) is 5.82. The zero-order valence-electron chi connectivity index (χ0n) is 12.1. The smallest absolute Gasteiger partial charge is 0.241 e. The maximum absolute atomic E-state index is 12.3. The van der Waals surface area contributed by atoms with Crippen molar-refractivity contribution in [1.82, 2.24) is 4.90 Å². The molecule has 1 atom stereocenters. The molecule has 0 radical (unpaired) electrons. The van der Waals surface area contributed by atoms with Crippen molar-refractivity contribution in [3.63, 3.8) is 0 Å². The van der Waals surface area contributed by atoms with Crippen LogP contribution in [0, 0.1) is 0 Å². The fraction of sp³-hybridized carbons (Fsp3) is 0.467. The van der Waals surface area contributed by atoms with Crippen molar-refractivity contribution in [2.75, 3.05) is 18.4 Å². The third kappa shape index (κ3) is 4.23. The van der Waals surface area contributed by atoms with Gasteiger partial charge in [-0.3, -0.25) is 9.69 Å². The van der Waals surface area contributed by atoms with Crippen molar-refractivity contribution in [3.05, 3.63) is 29.8 Å². The minimum absolute atomic E-state index is 0.0634. The van der Waals surface area contributed by atoms with E-state index in [1.807, 2.05) is 25.1 Å². The average molecular weight is 307 g/mol. The van der Waals surface area contributed by atoms with Gasteiger partial charge < -0.3 is 16.2 Å². The van der Waals surface area contributed by atoms with E-state index in [0.29, 0.717) is 23.5 Å². The number of rotatable bonds is 4. The summed E-state index contributed by atoms with van der Waals surface area (Å²) < 4.78 is 0.